The molecule has 17 heavy (non-hydrogen) atoms. The van der Waals surface area contributed by atoms with Crippen LogP contribution < -0.4 is 10.2 Å². The number of aliphatic carboxylic acids is 1. The summed E-state index contributed by atoms with van der Waals surface area (Å²) in [5, 5.41) is 11.5. The summed E-state index contributed by atoms with van der Waals surface area (Å²) in [4.78, 5) is 12.6. The minimum absolute atomic E-state index is 0.0120. The second kappa shape index (κ2) is 5.14. The second-order valence-corrected chi connectivity index (χ2v) is 4.18. The van der Waals surface area contributed by atoms with Crippen LogP contribution in [0.4, 0.5) is 10.1 Å². The predicted octanol–water partition coefficient (Wildman–Crippen LogP) is 1.08. The van der Waals surface area contributed by atoms with Crippen LogP contribution in [0.5, 0.6) is 0 Å². The maximum Gasteiger partial charge on any atom is 0.317 e. The third-order valence-corrected chi connectivity index (χ3v) is 2.92. The first-order valence-corrected chi connectivity index (χ1v) is 5.61. The number of carboxylic acids is 1. The molecule has 0 unspecified atom stereocenters. The summed E-state index contributed by atoms with van der Waals surface area (Å²) in [6, 6.07) is 6.56. The molecule has 0 radical (unpaired) electrons. The van der Waals surface area contributed by atoms with Crippen LogP contribution in [0.25, 0.3) is 0 Å². The summed E-state index contributed by atoms with van der Waals surface area (Å²) >= 11 is 0. The molecule has 1 heterocycles. The van der Waals surface area contributed by atoms with Gasteiger partial charge in [0.05, 0.1) is 6.54 Å². The molecule has 0 bridgehead atoms. The Kier molecular flexibility index (Phi) is 3.58. The average Bonchev–Trinajstić information content (AvgIpc) is 2.76. The molecule has 5 heteroatoms. The molecule has 1 aliphatic heterocycles. The SMILES string of the molecule is O=C(O)CN[C@H]1CCN(c2ccc(F)cc2)C1. The van der Waals surface area contributed by atoms with E-state index in [4.69, 9.17) is 5.11 Å². The van der Waals surface area contributed by atoms with Crippen LogP contribution in [-0.4, -0.2) is 36.8 Å². The number of halogens is 1. The fourth-order valence-corrected chi connectivity index (χ4v) is 2.04. The van der Waals surface area contributed by atoms with Crippen molar-refractivity contribution < 1.29 is 14.3 Å². The highest BCUT2D eigenvalue weighted by molar-refractivity contribution is 5.69. The van der Waals surface area contributed by atoms with Crippen molar-refractivity contribution in [3.8, 4) is 0 Å². The fraction of sp³-hybridized carbons (Fsp3) is 0.417. The maximum atomic E-state index is 12.8. The van der Waals surface area contributed by atoms with Crippen LogP contribution in [0.2, 0.25) is 0 Å². The van der Waals surface area contributed by atoms with Crippen LogP contribution in [-0.2, 0) is 4.79 Å². The molecule has 0 aromatic heterocycles. The zero-order chi connectivity index (χ0) is 12.3. The molecule has 0 amide bonds. The zero-order valence-corrected chi connectivity index (χ0v) is 9.40. The number of nitrogens with zero attached hydrogens (tertiary/aromatic N) is 1. The van der Waals surface area contributed by atoms with Crippen molar-refractivity contribution in [3.63, 3.8) is 0 Å². The highest BCUT2D eigenvalue weighted by atomic mass is 19.1. The summed E-state index contributed by atoms with van der Waals surface area (Å²) in [6.07, 6.45) is 0.907. The van der Waals surface area contributed by atoms with Gasteiger partial charge < -0.3 is 15.3 Å². The number of benzene rings is 1. The molecule has 92 valence electrons. The lowest BCUT2D eigenvalue weighted by atomic mass is 10.2. The second-order valence-electron chi connectivity index (χ2n) is 4.18. The molecule has 0 saturated carbocycles. The standard InChI is InChI=1S/C12H15FN2O2/c13-9-1-3-11(4-2-9)15-6-5-10(8-15)14-7-12(16)17/h1-4,10,14H,5-8H2,(H,16,17)/t10-/m0/s1. The van der Waals surface area contributed by atoms with E-state index in [2.05, 4.69) is 10.2 Å². The van der Waals surface area contributed by atoms with E-state index in [0.717, 1.165) is 25.2 Å². The lowest BCUT2D eigenvalue weighted by Gasteiger charge is -2.18. The molecule has 1 aromatic rings. The van der Waals surface area contributed by atoms with Crippen LogP contribution in [0.3, 0.4) is 0 Å². The Morgan fingerprint density at radius 2 is 2.18 bits per heavy atom. The number of carboxylic acid groups (broad SMARTS) is 1. The van der Waals surface area contributed by atoms with Gasteiger partial charge in [0.1, 0.15) is 5.82 Å². The van der Waals surface area contributed by atoms with Crippen LogP contribution in [0.1, 0.15) is 6.42 Å². The number of nitrogens with one attached hydrogen (secondary N) is 1. The van der Waals surface area contributed by atoms with Gasteiger partial charge in [-0.1, -0.05) is 0 Å². The van der Waals surface area contributed by atoms with Crippen molar-refractivity contribution in [3.05, 3.63) is 30.1 Å². The molecule has 1 fully saturated rings. The van der Waals surface area contributed by atoms with E-state index in [1.807, 2.05) is 0 Å². The Bertz CT molecular complexity index is 394. The summed E-state index contributed by atoms with van der Waals surface area (Å²) in [6.45, 7) is 1.61. The van der Waals surface area contributed by atoms with E-state index < -0.39 is 5.97 Å². The predicted molar refractivity (Wildman–Crippen MR) is 62.7 cm³/mol. The first-order valence-electron chi connectivity index (χ1n) is 5.61. The Morgan fingerprint density at radius 3 is 2.82 bits per heavy atom. The van der Waals surface area contributed by atoms with E-state index in [9.17, 15) is 9.18 Å². The quantitative estimate of drug-likeness (QED) is 0.824. The average molecular weight is 238 g/mol. The van der Waals surface area contributed by atoms with Crippen molar-refractivity contribution >= 4 is 11.7 Å². The number of rotatable bonds is 4. The van der Waals surface area contributed by atoms with Gasteiger partial charge in [-0.3, -0.25) is 4.79 Å². The van der Waals surface area contributed by atoms with Crippen molar-refractivity contribution in [1.29, 1.82) is 0 Å². The monoisotopic (exact) mass is 238 g/mol. The van der Waals surface area contributed by atoms with Crippen molar-refractivity contribution in [2.24, 2.45) is 0 Å². The molecule has 1 aromatic carbocycles. The lowest BCUT2D eigenvalue weighted by molar-refractivity contribution is -0.136. The normalized spacial score (nSPS) is 19.6. The maximum absolute atomic E-state index is 12.8. The van der Waals surface area contributed by atoms with Gasteiger partial charge >= 0.3 is 5.97 Å². The number of hydrogen-bond donors (Lipinski definition) is 2. The third-order valence-electron chi connectivity index (χ3n) is 2.92. The molecule has 0 spiro atoms. The van der Waals surface area contributed by atoms with Gasteiger partial charge in [0.2, 0.25) is 0 Å². The van der Waals surface area contributed by atoms with Gasteiger partial charge in [-0.15, -0.1) is 0 Å². The first kappa shape index (κ1) is 11.9. The molecule has 1 aliphatic rings. The number of hydrogen-bond acceptors (Lipinski definition) is 3. The van der Waals surface area contributed by atoms with Crippen molar-refractivity contribution in [2.45, 2.75) is 12.5 Å². The molecular formula is C12H15FN2O2. The van der Waals surface area contributed by atoms with Gasteiger partial charge in [0, 0.05) is 24.8 Å². The van der Waals surface area contributed by atoms with Crippen LogP contribution in [0.15, 0.2) is 24.3 Å². The Morgan fingerprint density at radius 1 is 1.47 bits per heavy atom. The molecule has 0 aliphatic carbocycles. The third kappa shape index (κ3) is 3.17. The van der Waals surface area contributed by atoms with Crippen LogP contribution in [0, 0.1) is 5.82 Å². The smallest absolute Gasteiger partial charge is 0.317 e. The minimum atomic E-state index is -0.842. The summed E-state index contributed by atoms with van der Waals surface area (Å²) < 4.78 is 12.8. The largest absolute Gasteiger partial charge is 0.480 e. The van der Waals surface area contributed by atoms with Crippen molar-refractivity contribution in [2.75, 3.05) is 24.5 Å². The van der Waals surface area contributed by atoms with E-state index in [0.29, 0.717) is 0 Å². The summed E-state index contributed by atoms with van der Waals surface area (Å²) in [5.41, 5.74) is 0.978. The molecule has 1 atom stereocenters. The fourth-order valence-electron chi connectivity index (χ4n) is 2.04. The summed E-state index contributed by atoms with van der Waals surface area (Å²) in [5.74, 6) is -1.08. The Labute approximate surface area is 99.0 Å². The van der Waals surface area contributed by atoms with Gasteiger partial charge in [0.15, 0.2) is 0 Å². The molecular weight excluding hydrogens is 223 g/mol. The Balaban J connectivity index is 1.89. The molecule has 1 saturated heterocycles. The highest BCUT2D eigenvalue weighted by Crippen LogP contribution is 2.20. The van der Waals surface area contributed by atoms with Crippen molar-refractivity contribution in [1.82, 2.24) is 5.32 Å². The highest BCUT2D eigenvalue weighted by Gasteiger charge is 2.22. The van der Waals surface area contributed by atoms with Gasteiger partial charge in [0.25, 0.3) is 0 Å². The van der Waals surface area contributed by atoms with Gasteiger partial charge in [-0.25, -0.2) is 4.39 Å². The topological polar surface area (TPSA) is 52.6 Å². The Hall–Kier alpha value is -1.62. The molecule has 2 rings (SSSR count). The van der Waals surface area contributed by atoms with E-state index in [1.165, 1.54) is 12.1 Å². The van der Waals surface area contributed by atoms with Crippen LogP contribution >= 0.6 is 0 Å². The van der Waals surface area contributed by atoms with Gasteiger partial charge in [-0.05, 0) is 30.7 Å². The van der Waals surface area contributed by atoms with E-state index in [-0.39, 0.29) is 18.4 Å². The molecule has 2 N–H and O–H groups in total. The lowest BCUT2D eigenvalue weighted by Crippen LogP contribution is -2.35. The van der Waals surface area contributed by atoms with Gasteiger partial charge in [-0.2, -0.15) is 0 Å². The summed E-state index contributed by atoms with van der Waals surface area (Å²) in [7, 11) is 0. The van der Waals surface area contributed by atoms with E-state index in [1.54, 1.807) is 12.1 Å². The number of anilines is 1. The number of carbonyl (C=O) groups is 1. The first-order chi connectivity index (χ1) is 8.15. The molecule has 4 nitrogen and oxygen atoms in total. The minimum Gasteiger partial charge on any atom is -0.480 e. The zero-order valence-electron chi connectivity index (χ0n) is 9.40. The van der Waals surface area contributed by atoms with E-state index >= 15 is 0 Å².